The fourth-order valence-electron chi connectivity index (χ4n) is 3.06. The van der Waals surface area contributed by atoms with E-state index in [2.05, 4.69) is 62.9 Å². The van der Waals surface area contributed by atoms with Crippen LogP contribution in [0.25, 0.3) is 16.9 Å². The molecule has 4 rings (SSSR count). The van der Waals surface area contributed by atoms with Gasteiger partial charge < -0.3 is 9.31 Å². The molecule has 1 aliphatic rings. The molecule has 0 N–H and O–H groups in total. The lowest BCUT2D eigenvalue weighted by molar-refractivity contribution is 0.00578. The van der Waals surface area contributed by atoms with Crippen molar-refractivity contribution in [3.63, 3.8) is 0 Å². The molecule has 128 valence electrons. The third-order valence-corrected chi connectivity index (χ3v) is 5.29. The first-order valence-corrected chi connectivity index (χ1v) is 8.54. The second kappa shape index (κ2) is 5.41. The van der Waals surface area contributed by atoms with Crippen LogP contribution < -0.4 is 5.46 Å². The monoisotopic (exact) mass is 335 g/mol. The van der Waals surface area contributed by atoms with Crippen LogP contribution in [0.4, 0.5) is 0 Å². The Labute approximate surface area is 148 Å². The highest BCUT2D eigenvalue weighted by Crippen LogP contribution is 2.36. The average molecular weight is 335 g/mol. The van der Waals surface area contributed by atoms with Crippen molar-refractivity contribution >= 4 is 18.2 Å². The van der Waals surface area contributed by atoms with E-state index in [-0.39, 0.29) is 18.3 Å². The van der Waals surface area contributed by atoms with E-state index in [1.54, 1.807) is 10.7 Å². The first-order valence-electron chi connectivity index (χ1n) is 8.54. The van der Waals surface area contributed by atoms with Crippen LogP contribution in [0.3, 0.4) is 0 Å². The fraction of sp³-hybridized carbons (Fsp3) is 0.368. The summed E-state index contributed by atoms with van der Waals surface area (Å²) in [6.45, 7) is 10.4. The van der Waals surface area contributed by atoms with E-state index in [1.165, 1.54) is 0 Å². The molecular weight excluding hydrogens is 313 g/mol. The lowest BCUT2D eigenvalue weighted by Crippen LogP contribution is -2.41. The average Bonchev–Trinajstić information content (AvgIpc) is 3.05. The van der Waals surface area contributed by atoms with E-state index in [0.29, 0.717) is 0 Å². The van der Waals surface area contributed by atoms with Gasteiger partial charge >= 0.3 is 7.12 Å². The van der Waals surface area contributed by atoms with Crippen molar-refractivity contribution in [2.24, 2.45) is 0 Å². The Balaban J connectivity index is 1.68. The number of nitrogens with zero attached hydrogens (tertiary/aromatic N) is 3. The van der Waals surface area contributed by atoms with Crippen molar-refractivity contribution in [1.82, 2.24) is 14.6 Å². The van der Waals surface area contributed by atoms with Gasteiger partial charge in [0.2, 0.25) is 0 Å². The quantitative estimate of drug-likeness (QED) is 0.676. The summed E-state index contributed by atoms with van der Waals surface area (Å²) in [6, 6.07) is 10.1. The predicted molar refractivity (Wildman–Crippen MR) is 98.9 cm³/mol. The molecule has 1 fully saturated rings. The normalized spacial score (nSPS) is 18.8. The smallest absolute Gasteiger partial charge is 0.399 e. The number of aromatic nitrogens is 3. The summed E-state index contributed by atoms with van der Waals surface area (Å²) in [6.07, 6.45) is 3.68. The first-order chi connectivity index (χ1) is 11.8. The number of hydrogen-bond acceptors (Lipinski definition) is 4. The molecule has 25 heavy (non-hydrogen) atoms. The van der Waals surface area contributed by atoms with E-state index in [4.69, 9.17) is 9.31 Å². The maximum Gasteiger partial charge on any atom is 0.494 e. The maximum atomic E-state index is 6.15. The first kappa shape index (κ1) is 16.3. The molecule has 3 aromatic rings. The summed E-state index contributed by atoms with van der Waals surface area (Å²) in [5, 5.41) is 4.61. The third-order valence-electron chi connectivity index (χ3n) is 5.29. The number of fused-ring (bicyclic) bond motifs is 1. The van der Waals surface area contributed by atoms with Gasteiger partial charge in [0.25, 0.3) is 0 Å². The Morgan fingerprint density at radius 2 is 1.76 bits per heavy atom. The summed E-state index contributed by atoms with van der Waals surface area (Å²) >= 11 is 0. The van der Waals surface area contributed by atoms with E-state index >= 15 is 0 Å². The fourth-order valence-corrected chi connectivity index (χ4v) is 3.06. The molecule has 0 unspecified atom stereocenters. The van der Waals surface area contributed by atoms with Crippen LogP contribution in [0.1, 0.15) is 33.3 Å². The molecule has 0 radical (unpaired) electrons. The van der Waals surface area contributed by atoms with E-state index < -0.39 is 0 Å². The zero-order chi connectivity index (χ0) is 17.8. The molecule has 2 aromatic heterocycles. The van der Waals surface area contributed by atoms with Gasteiger partial charge in [-0.1, -0.05) is 18.2 Å². The van der Waals surface area contributed by atoms with Crippen LogP contribution in [0.5, 0.6) is 0 Å². The second-order valence-corrected chi connectivity index (χ2v) is 7.61. The molecule has 0 amide bonds. The van der Waals surface area contributed by atoms with Gasteiger partial charge in [0.1, 0.15) is 0 Å². The van der Waals surface area contributed by atoms with E-state index in [1.807, 2.05) is 18.3 Å². The van der Waals surface area contributed by atoms with Crippen LogP contribution in [-0.2, 0) is 9.31 Å². The van der Waals surface area contributed by atoms with Gasteiger partial charge in [-0.25, -0.2) is 9.50 Å². The van der Waals surface area contributed by atoms with Crippen molar-refractivity contribution in [3.05, 3.63) is 48.3 Å². The molecule has 0 atom stereocenters. The molecule has 0 saturated carbocycles. The summed E-state index contributed by atoms with van der Waals surface area (Å²) in [5.41, 5.74) is 4.33. The number of benzene rings is 1. The number of aryl methyl sites for hydroxylation is 1. The number of rotatable bonds is 2. The Kier molecular flexibility index (Phi) is 3.53. The SMILES string of the molecule is Cc1cc(B2OC(C)(C)C(C)(C)O2)ccc1-c1cc2ncccn2n1. The molecule has 0 aliphatic carbocycles. The van der Waals surface area contributed by atoms with Gasteiger partial charge in [0.05, 0.1) is 16.9 Å². The summed E-state index contributed by atoms with van der Waals surface area (Å²) in [4.78, 5) is 4.33. The molecule has 6 heteroatoms. The summed E-state index contributed by atoms with van der Waals surface area (Å²) in [7, 11) is -0.347. The van der Waals surface area contributed by atoms with Crippen molar-refractivity contribution in [2.75, 3.05) is 0 Å². The van der Waals surface area contributed by atoms with Crippen LogP contribution in [0, 0.1) is 6.92 Å². The third kappa shape index (κ3) is 2.66. The zero-order valence-electron chi connectivity index (χ0n) is 15.3. The Morgan fingerprint density at radius 3 is 2.40 bits per heavy atom. The van der Waals surface area contributed by atoms with Crippen LogP contribution in [0.2, 0.25) is 0 Å². The Bertz CT molecular complexity index is 900. The minimum atomic E-state index is -0.347. The van der Waals surface area contributed by atoms with Gasteiger partial charge in [-0.15, -0.1) is 0 Å². The van der Waals surface area contributed by atoms with Gasteiger partial charge in [0, 0.05) is 24.0 Å². The zero-order valence-corrected chi connectivity index (χ0v) is 15.3. The van der Waals surface area contributed by atoms with Gasteiger partial charge in [-0.05, 0) is 51.7 Å². The molecular formula is C19H22BN3O2. The van der Waals surface area contributed by atoms with Crippen molar-refractivity contribution in [1.29, 1.82) is 0 Å². The summed E-state index contributed by atoms with van der Waals surface area (Å²) < 4.78 is 14.1. The molecule has 3 heterocycles. The molecule has 1 saturated heterocycles. The van der Waals surface area contributed by atoms with Crippen molar-refractivity contribution in [2.45, 2.75) is 45.8 Å². The minimum absolute atomic E-state index is 0.336. The van der Waals surface area contributed by atoms with Gasteiger partial charge in [-0.3, -0.25) is 0 Å². The minimum Gasteiger partial charge on any atom is -0.399 e. The van der Waals surface area contributed by atoms with Gasteiger partial charge in [0.15, 0.2) is 5.65 Å². The van der Waals surface area contributed by atoms with E-state index in [9.17, 15) is 0 Å². The maximum absolute atomic E-state index is 6.15. The Morgan fingerprint density at radius 1 is 1.04 bits per heavy atom. The molecule has 0 bridgehead atoms. The highest BCUT2D eigenvalue weighted by atomic mass is 16.7. The second-order valence-electron chi connectivity index (χ2n) is 7.61. The highest BCUT2D eigenvalue weighted by molar-refractivity contribution is 6.62. The van der Waals surface area contributed by atoms with Crippen LogP contribution >= 0.6 is 0 Å². The van der Waals surface area contributed by atoms with Gasteiger partial charge in [-0.2, -0.15) is 5.10 Å². The topological polar surface area (TPSA) is 48.7 Å². The molecule has 1 aliphatic heterocycles. The number of hydrogen-bond donors (Lipinski definition) is 0. The van der Waals surface area contributed by atoms with Crippen LogP contribution in [-0.4, -0.2) is 32.9 Å². The van der Waals surface area contributed by atoms with E-state index in [0.717, 1.165) is 27.9 Å². The standard InChI is InChI=1S/C19H22BN3O2/c1-13-11-14(20-24-18(2,3)19(4,5)25-20)7-8-15(13)16-12-17-21-9-6-10-23(17)22-16/h6-12H,1-5H3. The Hall–Kier alpha value is -2.18. The lowest BCUT2D eigenvalue weighted by Gasteiger charge is -2.32. The predicted octanol–water partition coefficient (Wildman–Crippen LogP) is 3.00. The van der Waals surface area contributed by atoms with Crippen molar-refractivity contribution in [3.8, 4) is 11.3 Å². The molecule has 5 nitrogen and oxygen atoms in total. The van der Waals surface area contributed by atoms with Crippen molar-refractivity contribution < 1.29 is 9.31 Å². The molecule has 1 aromatic carbocycles. The lowest BCUT2D eigenvalue weighted by atomic mass is 9.77. The molecule has 0 spiro atoms. The highest BCUT2D eigenvalue weighted by Gasteiger charge is 2.51. The summed E-state index contributed by atoms with van der Waals surface area (Å²) in [5.74, 6) is 0. The largest absolute Gasteiger partial charge is 0.494 e. The van der Waals surface area contributed by atoms with Crippen LogP contribution in [0.15, 0.2) is 42.7 Å².